The van der Waals surface area contributed by atoms with Gasteiger partial charge in [-0.05, 0) is 42.8 Å². The zero-order valence-electron chi connectivity index (χ0n) is 11.8. The Morgan fingerprint density at radius 2 is 1.77 bits per heavy atom. The molecule has 0 saturated carbocycles. The Balaban J connectivity index is 2.23. The number of rotatable bonds is 3. The predicted octanol–water partition coefficient (Wildman–Crippen LogP) is 3.73. The molecular formula is C15H14BrFN2O2S. The van der Waals surface area contributed by atoms with Crippen LogP contribution in [0.4, 0.5) is 21.5 Å². The molecule has 1 heterocycles. The number of hydrogen-bond donors (Lipinski definition) is 0. The van der Waals surface area contributed by atoms with Crippen molar-refractivity contribution in [1.82, 2.24) is 0 Å². The van der Waals surface area contributed by atoms with Crippen LogP contribution >= 0.6 is 15.9 Å². The van der Waals surface area contributed by atoms with Gasteiger partial charge in [0.25, 0.3) is 0 Å². The molecule has 0 fully saturated rings. The minimum Gasteiger partial charge on any atom is -0.250 e. The maximum Gasteiger partial charge on any atom is 0.331 e. The number of alkyl halides is 1. The summed E-state index contributed by atoms with van der Waals surface area (Å²) in [5, 5.41) is 0.525. The summed E-state index contributed by atoms with van der Waals surface area (Å²) < 4.78 is 41.8. The van der Waals surface area contributed by atoms with Crippen molar-refractivity contribution < 1.29 is 12.8 Å². The molecule has 2 aromatic rings. The molecule has 0 unspecified atom stereocenters. The maximum atomic E-state index is 13.3. The Bertz CT molecular complexity index is 826. The molecule has 0 atom stereocenters. The fourth-order valence-corrected chi connectivity index (χ4v) is 4.98. The van der Waals surface area contributed by atoms with E-state index in [9.17, 15) is 12.8 Å². The lowest BCUT2D eigenvalue weighted by Gasteiger charge is -2.22. The summed E-state index contributed by atoms with van der Waals surface area (Å²) in [5.41, 5.74) is 2.24. The van der Waals surface area contributed by atoms with E-state index < -0.39 is 10.2 Å². The number of para-hydroxylation sites is 2. The second-order valence-corrected chi connectivity index (χ2v) is 7.45. The van der Waals surface area contributed by atoms with E-state index in [-0.39, 0.29) is 5.82 Å². The lowest BCUT2D eigenvalue weighted by Crippen LogP contribution is -2.36. The predicted molar refractivity (Wildman–Crippen MR) is 89.8 cm³/mol. The van der Waals surface area contributed by atoms with Crippen molar-refractivity contribution in [3.05, 3.63) is 53.8 Å². The Kier molecular flexibility index (Phi) is 3.86. The first kappa shape index (κ1) is 15.3. The van der Waals surface area contributed by atoms with Crippen LogP contribution in [0, 0.1) is 12.7 Å². The van der Waals surface area contributed by atoms with E-state index in [1.165, 1.54) is 26.8 Å². The zero-order chi connectivity index (χ0) is 15.9. The molecule has 0 aromatic heterocycles. The van der Waals surface area contributed by atoms with Gasteiger partial charge in [-0.3, -0.25) is 4.31 Å². The van der Waals surface area contributed by atoms with Gasteiger partial charge in [0.1, 0.15) is 5.82 Å². The fraction of sp³-hybridized carbons (Fsp3) is 0.200. The van der Waals surface area contributed by atoms with Gasteiger partial charge in [0, 0.05) is 11.9 Å². The molecule has 22 heavy (non-hydrogen) atoms. The zero-order valence-corrected chi connectivity index (χ0v) is 14.2. The van der Waals surface area contributed by atoms with Crippen molar-refractivity contribution in [2.75, 3.05) is 20.5 Å². The van der Waals surface area contributed by atoms with E-state index in [0.29, 0.717) is 34.5 Å². The van der Waals surface area contributed by atoms with Gasteiger partial charge in [-0.15, -0.1) is 0 Å². The maximum absolute atomic E-state index is 13.3. The van der Waals surface area contributed by atoms with Crippen LogP contribution in [0.1, 0.15) is 5.56 Å². The summed E-state index contributed by atoms with van der Waals surface area (Å²) >= 11 is 3.29. The second kappa shape index (κ2) is 5.55. The topological polar surface area (TPSA) is 40.6 Å². The average molecular weight is 385 g/mol. The molecule has 0 spiro atoms. The van der Waals surface area contributed by atoms with Crippen LogP contribution in [0.2, 0.25) is 0 Å². The van der Waals surface area contributed by atoms with Crippen LogP contribution in [-0.4, -0.2) is 20.3 Å². The quantitative estimate of drug-likeness (QED) is 0.756. The second-order valence-electron chi connectivity index (χ2n) is 4.95. The third kappa shape index (κ3) is 2.28. The van der Waals surface area contributed by atoms with Crippen LogP contribution in [0.3, 0.4) is 0 Å². The molecule has 1 aliphatic rings. The van der Waals surface area contributed by atoms with Crippen LogP contribution in [0.15, 0.2) is 42.5 Å². The molecule has 3 rings (SSSR count). The molecule has 1 aliphatic heterocycles. The van der Waals surface area contributed by atoms with Crippen molar-refractivity contribution in [2.45, 2.75) is 6.92 Å². The largest absolute Gasteiger partial charge is 0.331 e. The number of halogens is 2. The Morgan fingerprint density at radius 3 is 2.41 bits per heavy atom. The lowest BCUT2D eigenvalue weighted by molar-refractivity contribution is 0.594. The summed E-state index contributed by atoms with van der Waals surface area (Å²) in [6.45, 7) is 2.03. The van der Waals surface area contributed by atoms with Gasteiger partial charge in [0.2, 0.25) is 0 Å². The molecule has 116 valence electrons. The first-order valence-corrected chi connectivity index (χ1v) is 9.23. The van der Waals surface area contributed by atoms with Crippen molar-refractivity contribution in [1.29, 1.82) is 0 Å². The van der Waals surface area contributed by atoms with Crippen LogP contribution in [0.5, 0.6) is 0 Å². The van der Waals surface area contributed by atoms with Gasteiger partial charge in [-0.25, -0.2) is 8.70 Å². The van der Waals surface area contributed by atoms with Gasteiger partial charge in [-0.1, -0.05) is 28.1 Å². The number of anilines is 3. The van der Waals surface area contributed by atoms with Crippen molar-refractivity contribution >= 4 is 43.2 Å². The first-order chi connectivity index (χ1) is 10.5. The van der Waals surface area contributed by atoms with E-state index >= 15 is 0 Å². The smallest absolute Gasteiger partial charge is 0.250 e. The molecule has 0 saturated heterocycles. The van der Waals surface area contributed by atoms with E-state index in [4.69, 9.17) is 0 Å². The van der Waals surface area contributed by atoms with Crippen molar-refractivity contribution in [2.24, 2.45) is 0 Å². The Morgan fingerprint density at radius 1 is 1.09 bits per heavy atom. The highest BCUT2D eigenvalue weighted by Crippen LogP contribution is 2.45. The van der Waals surface area contributed by atoms with Gasteiger partial charge >= 0.3 is 10.2 Å². The number of benzene rings is 2. The number of aryl methyl sites for hydroxylation is 1. The van der Waals surface area contributed by atoms with Gasteiger partial charge < -0.3 is 0 Å². The molecular weight excluding hydrogens is 371 g/mol. The minimum atomic E-state index is -3.72. The molecule has 2 aromatic carbocycles. The Hall–Kier alpha value is -1.60. The number of hydrogen-bond acceptors (Lipinski definition) is 2. The highest BCUT2D eigenvalue weighted by Gasteiger charge is 2.41. The van der Waals surface area contributed by atoms with Crippen LogP contribution in [0.25, 0.3) is 0 Å². The molecule has 0 N–H and O–H groups in total. The van der Waals surface area contributed by atoms with Gasteiger partial charge in [-0.2, -0.15) is 8.42 Å². The van der Waals surface area contributed by atoms with E-state index in [1.54, 1.807) is 31.2 Å². The summed E-state index contributed by atoms with van der Waals surface area (Å²) in [4.78, 5) is 0. The summed E-state index contributed by atoms with van der Waals surface area (Å²) in [7, 11) is -3.72. The summed E-state index contributed by atoms with van der Waals surface area (Å²) in [6, 6.07) is 11.2. The van der Waals surface area contributed by atoms with Gasteiger partial charge in [0.15, 0.2) is 0 Å². The number of fused-ring (bicyclic) bond motifs is 1. The lowest BCUT2D eigenvalue weighted by atomic mass is 10.1. The average Bonchev–Trinajstić information content (AvgIpc) is 2.68. The highest BCUT2D eigenvalue weighted by atomic mass is 79.9. The van der Waals surface area contributed by atoms with Crippen LogP contribution in [-0.2, 0) is 10.2 Å². The van der Waals surface area contributed by atoms with E-state index in [0.717, 1.165) is 0 Å². The third-order valence-electron chi connectivity index (χ3n) is 3.54. The van der Waals surface area contributed by atoms with Crippen molar-refractivity contribution in [3.8, 4) is 0 Å². The van der Waals surface area contributed by atoms with Crippen molar-refractivity contribution in [3.63, 3.8) is 0 Å². The van der Waals surface area contributed by atoms with Gasteiger partial charge in [0.05, 0.1) is 17.1 Å². The normalized spacial score (nSPS) is 16.0. The SMILES string of the molecule is Cc1cc(F)ccc1N1c2ccccc2N(CCBr)S1(=O)=O. The molecule has 7 heteroatoms. The monoisotopic (exact) mass is 384 g/mol. The molecule has 0 radical (unpaired) electrons. The summed E-state index contributed by atoms with van der Waals surface area (Å²) in [5.74, 6) is -0.386. The Labute approximate surface area is 137 Å². The number of nitrogens with zero attached hydrogens (tertiary/aromatic N) is 2. The molecule has 0 aliphatic carbocycles. The first-order valence-electron chi connectivity index (χ1n) is 6.71. The van der Waals surface area contributed by atoms with E-state index in [2.05, 4.69) is 15.9 Å². The molecule has 0 bridgehead atoms. The highest BCUT2D eigenvalue weighted by molar-refractivity contribution is 9.09. The fourth-order valence-electron chi connectivity index (χ4n) is 2.61. The minimum absolute atomic E-state index is 0.329. The van der Waals surface area contributed by atoms with Crippen LogP contribution < -0.4 is 8.61 Å². The molecule has 4 nitrogen and oxygen atoms in total. The third-order valence-corrected chi connectivity index (χ3v) is 5.69. The molecule has 0 amide bonds. The summed E-state index contributed by atoms with van der Waals surface area (Å²) in [6.07, 6.45) is 0. The standard InChI is InChI=1S/C15H14BrFN2O2S/c1-11-10-12(17)6-7-13(11)19-15-5-3-2-4-14(15)18(9-8-16)22(19,20)21/h2-7,10H,8-9H2,1H3. The van der Waals surface area contributed by atoms with E-state index in [1.807, 2.05) is 0 Å².